The molecule has 0 saturated heterocycles. The van der Waals surface area contributed by atoms with Crippen LogP contribution in [0.15, 0.2) is 30.7 Å². The van der Waals surface area contributed by atoms with E-state index in [9.17, 15) is 0 Å². The van der Waals surface area contributed by atoms with Gasteiger partial charge in [0.15, 0.2) is 0 Å². The van der Waals surface area contributed by atoms with Gasteiger partial charge in [-0.1, -0.05) is 25.1 Å². The number of aromatic nitrogens is 2. The minimum atomic E-state index is -2.09. The van der Waals surface area contributed by atoms with Gasteiger partial charge in [0.05, 0.1) is 6.33 Å². The summed E-state index contributed by atoms with van der Waals surface area (Å²) in [5.41, 5.74) is 3.58. The van der Waals surface area contributed by atoms with Crippen LogP contribution in [0.2, 0.25) is 0 Å². The molecule has 1 heterocycles. The van der Waals surface area contributed by atoms with Crippen molar-refractivity contribution in [3.8, 4) is 0 Å². The molecule has 0 aliphatic rings. The summed E-state index contributed by atoms with van der Waals surface area (Å²) in [6.07, 6.45) is 3.10. The van der Waals surface area contributed by atoms with E-state index in [0.29, 0.717) is 5.69 Å². The largest absolute Gasteiger partial charge is 0.348 e. The second-order valence-electron chi connectivity index (χ2n) is 3.73. The maximum atomic E-state index is 7.76. The molecule has 2 rings (SSSR count). The molecule has 2 heteroatoms. The van der Waals surface area contributed by atoms with Crippen LogP contribution in [0.4, 0.5) is 0 Å². The number of benzene rings is 1. The van der Waals surface area contributed by atoms with Crippen LogP contribution in [0.25, 0.3) is 0 Å². The lowest BCUT2D eigenvalue weighted by molar-refractivity contribution is 0.871. The highest BCUT2D eigenvalue weighted by molar-refractivity contribution is 5.38. The van der Waals surface area contributed by atoms with Gasteiger partial charge in [0.25, 0.3) is 0 Å². The lowest BCUT2D eigenvalue weighted by Crippen LogP contribution is -2.00. The Balaban J connectivity index is 2.58. The molecular weight excluding hydrogens is 184 g/mol. The first kappa shape index (κ1) is 6.83. The van der Waals surface area contributed by atoms with Gasteiger partial charge in [-0.15, -0.1) is 0 Å². The zero-order valence-corrected chi connectivity index (χ0v) is 8.91. The van der Waals surface area contributed by atoms with Crippen LogP contribution in [-0.2, 0) is 0 Å². The third-order valence-electron chi connectivity index (χ3n) is 2.79. The Morgan fingerprint density at radius 1 is 1.40 bits per heavy atom. The number of imidazole rings is 1. The van der Waals surface area contributed by atoms with Crippen molar-refractivity contribution < 1.29 is 4.11 Å². The summed E-state index contributed by atoms with van der Waals surface area (Å²) in [7, 11) is 0. The monoisotopic (exact) mass is 203 g/mol. The van der Waals surface area contributed by atoms with Crippen molar-refractivity contribution in [1.82, 2.24) is 9.97 Å². The molecule has 0 fully saturated rings. The van der Waals surface area contributed by atoms with Gasteiger partial charge >= 0.3 is 0 Å². The molecule has 2 aromatic rings. The van der Waals surface area contributed by atoms with Crippen molar-refractivity contribution >= 4 is 0 Å². The lowest BCUT2D eigenvalue weighted by atomic mass is 9.92. The van der Waals surface area contributed by atoms with Gasteiger partial charge in [-0.2, -0.15) is 0 Å². The van der Waals surface area contributed by atoms with E-state index in [2.05, 4.69) is 9.97 Å². The zero-order chi connectivity index (χ0) is 13.3. The molecule has 0 bridgehead atoms. The number of rotatable bonds is 2. The summed E-state index contributed by atoms with van der Waals surface area (Å²) in [5, 5.41) is 0. The number of nitrogens with one attached hydrogen (secondary N) is 1. The number of H-pyrrole nitrogens is 1. The lowest BCUT2D eigenvalue weighted by Gasteiger charge is -2.14. The van der Waals surface area contributed by atoms with E-state index in [4.69, 9.17) is 4.11 Å². The van der Waals surface area contributed by atoms with E-state index in [-0.39, 0.29) is 0 Å². The molecule has 0 radical (unpaired) electrons. The van der Waals surface area contributed by atoms with Gasteiger partial charge in [-0.3, -0.25) is 0 Å². The topological polar surface area (TPSA) is 28.7 Å². The fourth-order valence-corrected chi connectivity index (χ4v) is 1.68. The van der Waals surface area contributed by atoms with Gasteiger partial charge in [0.1, 0.15) is 0 Å². The van der Waals surface area contributed by atoms with Crippen LogP contribution in [0, 0.1) is 13.8 Å². The summed E-state index contributed by atoms with van der Waals surface area (Å²) in [5.74, 6) is -0.653. The molecule has 0 aliphatic heterocycles. The van der Waals surface area contributed by atoms with Crippen molar-refractivity contribution in [2.45, 2.75) is 26.6 Å². The maximum absolute atomic E-state index is 7.76. The molecule has 0 saturated carbocycles. The average Bonchev–Trinajstić information content (AvgIpc) is 2.76. The number of hydrogen-bond acceptors (Lipinski definition) is 1. The van der Waals surface area contributed by atoms with Crippen molar-refractivity contribution in [1.29, 1.82) is 0 Å². The molecule has 78 valence electrons. The normalized spacial score (nSPS) is 16.5. The summed E-state index contributed by atoms with van der Waals surface area (Å²) < 4.78 is 23.3. The highest BCUT2D eigenvalue weighted by Gasteiger charge is 2.12. The smallest absolute Gasteiger partial charge is 0.0921 e. The highest BCUT2D eigenvalue weighted by Crippen LogP contribution is 2.26. The van der Waals surface area contributed by atoms with E-state index in [1.807, 2.05) is 32.0 Å². The third kappa shape index (κ3) is 1.80. The second kappa shape index (κ2) is 3.89. The number of nitrogens with zero attached hydrogens (tertiary/aromatic N) is 1. The first-order valence-electron chi connectivity index (χ1n) is 6.45. The van der Waals surface area contributed by atoms with Crippen molar-refractivity contribution in [3.63, 3.8) is 0 Å². The predicted molar refractivity (Wildman–Crippen MR) is 62.0 cm³/mol. The summed E-state index contributed by atoms with van der Waals surface area (Å²) in [6.45, 7) is 1.85. The molecule has 0 amide bonds. The Bertz CT molecular complexity index is 530. The van der Waals surface area contributed by atoms with Crippen LogP contribution in [0.5, 0.6) is 0 Å². The van der Waals surface area contributed by atoms with Gasteiger partial charge in [0.2, 0.25) is 0 Å². The van der Waals surface area contributed by atoms with E-state index < -0.39 is 12.8 Å². The number of hydrogen-bond donors (Lipinski definition) is 1. The average molecular weight is 203 g/mol. The van der Waals surface area contributed by atoms with E-state index in [1.54, 1.807) is 6.20 Å². The standard InChI is InChI=1S/C13H16N2/c1-9-5-4-6-12(10(9)2)11(3)13-7-14-8-15-13/h4-8,11H,1-3H3,(H,14,15)/t11-/m0/s1/i3D3. The van der Waals surface area contributed by atoms with Gasteiger partial charge in [-0.25, -0.2) is 4.98 Å². The van der Waals surface area contributed by atoms with E-state index in [1.165, 1.54) is 6.33 Å². The predicted octanol–water partition coefficient (Wildman–Crippen LogP) is 3.18. The zero-order valence-electron chi connectivity index (χ0n) is 11.9. The van der Waals surface area contributed by atoms with Crippen molar-refractivity contribution in [3.05, 3.63) is 53.1 Å². The maximum Gasteiger partial charge on any atom is 0.0921 e. The van der Waals surface area contributed by atoms with Crippen LogP contribution >= 0.6 is 0 Å². The minimum Gasteiger partial charge on any atom is -0.348 e. The third-order valence-corrected chi connectivity index (χ3v) is 2.79. The molecule has 0 spiro atoms. The fraction of sp³-hybridized carbons (Fsp3) is 0.308. The van der Waals surface area contributed by atoms with Gasteiger partial charge < -0.3 is 4.98 Å². The van der Waals surface area contributed by atoms with E-state index in [0.717, 1.165) is 16.7 Å². The molecular formula is C13H16N2. The molecule has 0 unspecified atom stereocenters. The Kier molecular flexibility index (Phi) is 1.77. The molecule has 0 aliphatic carbocycles. The van der Waals surface area contributed by atoms with Crippen molar-refractivity contribution in [2.24, 2.45) is 0 Å². The SMILES string of the molecule is [2H]C([2H])([2H])[C@H](c1cnc[nH]1)c1cccc(C)c1C. The number of aryl methyl sites for hydroxylation is 1. The van der Waals surface area contributed by atoms with Gasteiger partial charge in [0, 0.05) is 21.9 Å². The van der Waals surface area contributed by atoms with Crippen LogP contribution in [-0.4, -0.2) is 9.97 Å². The van der Waals surface area contributed by atoms with Crippen LogP contribution in [0.3, 0.4) is 0 Å². The highest BCUT2D eigenvalue weighted by atomic mass is 14.9. The second-order valence-corrected chi connectivity index (χ2v) is 3.73. The molecule has 1 aromatic heterocycles. The van der Waals surface area contributed by atoms with E-state index >= 15 is 0 Å². The molecule has 2 nitrogen and oxygen atoms in total. The quantitative estimate of drug-likeness (QED) is 0.798. The Morgan fingerprint density at radius 2 is 2.27 bits per heavy atom. The molecule has 1 atom stereocenters. The van der Waals surface area contributed by atoms with Crippen LogP contribution < -0.4 is 0 Å². The van der Waals surface area contributed by atoms with Gasteiger partial charge in [-0.05, 0) is 30.5 Å². The molecule has 15 heavy (non-hydrogen) atoms. The summed E-state index contributed by atoms with van der Waals surface area (Å²) in [4.78, 5) is 6.85. The summed E-state index contributed by atoms with van der Waals surface area (Å²) in [6, 6.07) is 5.76. The first-order chi connectivity index (χ1) is 8.41. The first-order valence-corrected chi connectivity index (χ1v) is 4.95. The summed E-state index contributed by atoms with van der Waals surface area (Å²) >= 11 is 0. The van der Waals surface area contributed by atoms with Crippen LogP contribution in [0.1, 0.15) is 39.3 Å². The molecule has 1 N–H and O–H groups in total. The Labute approximate surface area is 94.6 Å². The number of aromatic amines is 1. The Hall–Kier alpha value is -1.57. The minimum absolute atomic E-state index is 0.628. The molecule has 1 aromatic carbocycles. The van der Waals surface area contributed by atoms with Crippen molar-refractivity contribution in [2.75, 3.05) is 0 Å². The fourth-order valence-electron chi connectivity index (χ4n) is 1.68. The Morgan fingerprint density at radius 3 is 2.93 bits per heavy atom.